The van der Waals surface area contributed by atoms with Gasteiger partial charge in [0.15, 0.2) is 0 Å². The van der Waals surface area contributed by atoms with Crippen LogP contribution in [0.2, 0.25) is 0 Å². The summed E-state index contributed by atoms with van der Waals surface area (Å²) in [4.78, 5) is 15.9. The summed E-state index contributed by atoms with van der Waals surface area (Å²) < 4.78 is 10.0. The SMILES string of the molecule is O=C(CC1COCCN1)Nc1ccc(-c2ncon2)cc1. The molecule has 1 fully saturated rings. The van der Waals surface area contributed by atoms with E-state index in [1.165, 1.54) is 6.39 Å². The van der Waals surface area contributed by atoms with Crippen molar-refractivity contribution >= 4 is 11.6 Å². The molecule has 0 radical (unpaired) electrons. The molecule has 7 heteroatoms. The van der Waals surface area contributed by atoms with Crippen LogP contribution in [-0.2, 0) is 9.53 Å². The van der Waals surface area contributed by atoms with Gasteiger partial charge in [-0.2, -0.15) is 4.98 Å². The summed E-state index contributed by atoms with van der Waals surface area (Å²) in [5.74, 6) is 0.488. The van der Waals surface area contributed by atoms with Crippen LogP contribution in [0, 0.1) is 0 Å². The predicted molar refractivity (Wildman–Crippen MR) is 75.6 cm³/mol. The van der Waals surface area contributed by atoms with Gasteiger partial charge in [0.05, 0.1) is 13.2 Å². The Hall–Kier alpha value is -2.25. The highest BCUT2D eigenvalue weighted by atomic mass is 16.5. The molecule has 2 heterocycles. The molecule has 1 atom stereocenters. The minimum atomic E-state index is -0.0367. The van der Waals surface area contributed by atoms with Gasteiger partial charge in [-0.3, -0.25) is 4.79 Å². The van der Waals surface area contributed by atoms with Crippen LogP contribution in [0.15, 0.2) is 35.2 Å². The summed E-state index contributed by atoms with van der Waals surface area (Å²) in [6.45, 7) is 2.07. The van der Waals surface area contributed by atoms with Gasteiger partial charge in [0.2, 0.25) is 18.1 Å². The van der Waals surface area contributed by atoms with Gasteiger partial charge >= 0.3 is 0 Å². The molecule has 110 valence electrons. The second-order valence-corrected chi connectivity index (χ2v) is 4.81. The van der Waals surface area contributed by atoms with E-state index in [-0.39, 0.29) is 11.9 Å². The topological polar surface area (TPSA) is 89.3 Å². The van der Waals surface area contributed by atoms with E-state index in [9.17, 15) is 4.79 Å². The van der Waals surface area contributed by atoms with Crippen molar-refractivity contribution < 1.29 is 14.1 Å². The largest absolute Gasteiger partial charge is 0.378 e. The number of aromatic nitrogens is 2. The molecule has 21 heavy (non-hydrogen) atoms. The van der Waals surface area contributed by atoms with Crippen molar-refractivity contribution in [2.75, 3.05) is 25.1 Å². The molecule has 2 N–H and O–H groups in total. The lowest BCUT2D eigenvalue weighted by atomic mass is 10.1. The van der Waals surface area contributed by atoms with Crippen LogP contribution < -0.4 is 10.6 Å². The van der Waals surface area contributed by atoms with Gasteiger partial charge in [-0.05, 0) is 24.3 Å². The number of nitrogens with zero attached hydrogens (tertiary/aromatic N) is 2. The molecule has 1 aliphatic heterocycles. The number of morpholine rings is 1. The Bertz CT molecular complexity index is 577. The molecule has 1 saturated heterocycles. The maximum absolute atomic E-state index is 11.9. The highest BCUT2D eigenvalue weighted by Crippen LogP contribution is 2.17. The van der Waals surface area contributed by atoms with Crippen molar-refractivity contribution in [3.8, 4) is 11.4 Å². The number of carbonyl (C=O) groups excluding carboxylic acids is 1. The molecule has 2 aromatic rings. The molecular formula is C14H16N4O3. The van der Waals surface area contributed by atoms with Gasteiger partial charge in [-0.15, -0.1) is 0 Å². The minimum absolute atomic E-state index is 0.0367. The second kappa shape index (κ2) is 6.47. The fourth-order valence-corrected chi connectivity index (χ4v) is 2.19. The Balaban J connectivity index is 1.56. The van der Waals surface area contributed by atoms with Crippen molar-refractivity contribution in [1.29, 1.82) is 0 Å². The van der Waals surface area contributed by atoms with E-state index < -0.39 is 0 Å². The molecule has 1 aromatic heterocycles. The van der Waals surface area contributed by atoms with Crippen LogP contribution in [0.4, 0.5) is 5.69 Å². The van der Waals surface area contributed by atoms with E-state index in [0.29, 0.717) is 25.5 Å². The predicted octanol–water partition coefficient (Wildman–Crippen LogP) is 1.05. The first-order valence-corrected chi connectivity index (χ1v) is 6.79. The van der Waals surface area contributed by atoms with Gasteiger partial charge in [-0.1, -0.05) is 5.16 Å². The lowest BCUT2D eigenvalue weighted by Gasteiger charge is -2.23. The molecule has 1 aromatic carbocycles. The fraction of sp³-hybridized carbons (Fsp3) is 0.357. The highest BCUT2D eigenvalue weighted by Gasteiger charge is 2.16. The van der Waals surface area contributed by atoms with Crippen LogP contribution in [-0.4, -0.2) is 41.8 Å². The van der Waals surface area contributed by atoms with Crippen LogP contribution in [0.5, 0.6) is 0 Å². The van der Waals surface area contributed by atoms with Crippen LogP contribution in [0.25, 0.3) is 11.4 Å². The lowest BCUT2D eigenvalue weighted by Crippen LogP contribution is -2.43. The number of anilines is 1. The van der Waals surface area contributed by atoms with Crippen molar-refractivity contribution in [2.24, 2.45) is 0 Å². The van der Waals surface area contributed by atoms with Gasteiger partial charge < -0.3 is 19.9 Å². The first-order chi connectivity index (χ1) is 10.3. The maximum atomic E-state index is 11.9. The average Bonchev–Trinajstić information content (AvgIpc) is 3.03. The van der Waals surface area contributed by atoms with Gasteiger partial charge in [0.25, 0.3) is 0 Å². The van der Waals surface area contributed by atoms with Crippen molar-refractivity contribution in [1.82, 2.24) is 15.5 Å². The summed E-state index contributed by atoms with van der Waals surface area (Å²) in [6.07, 6.45) is 1.68. The van der Waals surface area contributed by atoms with E-state index in [1.807, 2.05) is 24.3 Å². The smallest absolute Gasteiger partial charge is 0.226 e. The Labute approximate surface area is 121 Å². The fourth-order valence-electron chi connectivity index (χ4n) is 2.19. The summed E-state index contributed by atoms with van der Waals surface area (Å²) in [5, 5.41) is 9.87. The van der Waals surface area contributed by atoms with E-state index in [1.54, 1.807) is 0 Å². The molecule has 3 rings (SSSR count). The second-order valence-electron chi connectivity index (χ2n) is 4.81. The third-order valence-electron chi connectivity index (χ3n) is 3.22. The number of rotatable bonds is 4. The Kier molecular flexibility index (Phi) is 4.23. The zero-order valence-electron chi connectivity index (χ0n) is 11.4. The highest BCUT2D eigenvalue weighted by molar-refractivity contribution is 5.91. The molecule has 0 aliphatic carbocycles. The molecule has 0 bridgehead atoms. The quantitative estimate of drug-likeness (QED) is 0.874. The van der Waals surface area contributed by atoms with E-state index >= 15 is 0 Å². The maximum Gasteiger partial charge on any atom is 0.226 e. The number of benzene rings is 1. The van der Waals surface area contributed by atoms with Gasteiger partial charge in [-0.25, -0.2) is 0 Å². The van der Waals surface area contributed by atoms with Crippen LogP contribution >= 0.6 is 0 Å². The zero-order valence-corrected chi connectivity index (χ0v) is 11.4. The van der Waals surface area contributed by atoms with Crippen molar-refractivity contribution in [3.63, 3.8) is 0 Å². The first-order valence-electron chi connectivity index (χ1n) is 6.79. The number of ether oxygens (including phenoxy) is 1. The normalized spacial score (nSPS) is 18.4. The van der Waals surface area contributed by atoms with Gasteiger partial charge in [0, 0.05) is 30.3 Å². The van der Waals surface area contributed by atoms with Crippen molar-refractivity contribution in [2.45, 2.75) is 12.5 Å². The summed E-state index contributed by atoms with van der Waals surface area (Å²) in [7, 11) is 0. The standard InChI is InChI=1S/C14H16N4O3/c19-13(7-12-8-20-6-5-15-12)17-11-3-1-10(2-4-11)14-16-9-21-18-14/h1-4,9,12,15H,5-8H2,(H,17,19). The number of amides is 1. The Morgan fingerprint density at radius 2 is 2.24 bits per heavy atom. The molecule has 1 amide bonds. The zero-order chi connectivity index (χ0) is 14.5. The summed E-state index contributed by atoms with van der Waals surface area (Å²) >= 11 is 0. The third-order valence-corrected chi connectivity index (χ3v) is 3.22. The molecule has 7 nitrogen and oxygen atoms in total. The third kappa shape index (κ3) is 3.65. The minimum Gasteiger partial charge on any atom is -0.378 e. The number of hydrogen-bond donors (Lipinski definition) is 2. The number of nitrogens with one attached hydrogen (secondary N) is 2. The molecule has 1 unspecified atom stereocenters. The summed E-state index contributed by atoms with van der Waals surface area (Å²) in [5.41, 5.74) is 1.58. The van der Waals surface area contributed by atoms with Crippen LogP contribution in [0.3, 0.4) is 0 Å². The number of hydrogen-bond acceptors (Lipinski definition) is 6. The molecule has 0 spiro atoms. The summed E-state index contributed by atoms with van der Waals surface area (Å²) in [6, 6.07) is 7.38. The monoisotopic (exact) mass is 288 g/mol. The lowest BCUT2D eigenvalue weighted by molar-refractivity contribution is -0.117. The van der Waals surface area contributed by atoms with Crippen molar-refractivity contribution in [3.05, 3.63) is 30.7 Å². The van der Waals surface area contributed by atoms with E-state index in [2.05, 4.69) is 20.8 Å². The van der Waals surface area contributed by atoms with Crippen LogP contribution in [0.1, 0.15) is 6.42 Å². The Morgan fingerprint density at radius 1 is 1.38 bits per heavy atom. The first kappa shape index (κ1) is 13.7. The molecular weight excluding hydrogens is 272 g/mol. The van der Waals surface area contributed by atoms with Gasteiger partial charge in [0.1, 0.15) is 0 Å². The molecule has 0 saturated carbocycles. The number of carbonyl (C=O) groups is 1. The average molecular weight is 288 g/mol. The van der Waals surface area contributed by atoms with E-state index in [0.717, 1.165) is 17.8 Å². The Morgan fingerprint density at radius 3 is 2.90 bits per heavy atom. The molecule has 1 aliphatic rings. The van der Waals surface area contributed by atoms with E-state index in [4.69, 9.17) is 9.26 Å².